The summed E-state index contributed by atoms with van der Waals surface area (Å²) < 4.78 is 5.18. The normalized spacial score (nSPS) is 13.4. The number of methoxy groups -OCH3 is 1. The fourth-order valence-electron chi connectivity index (χ4n) is 6.05. The standard InChI is InChI=1S/C42H38ClN3O5S2/c1-51-42(50)36-33-19-10-2-3-11-20-35(33)53-41(36)46-40(49)37(28-13-6-4-7-14-28)52-32-18-12-17-31(26-32)44-39(48)34(25-27-21-23-30(43)24-22-27)45-38(47)29-15-8-5-9-16-29/h4-9,12-18,21-26,37H,2-3,10-11,19-20H2,1H3,(H,44,48)(H,45,47)(H,46,49)/b34-25+. The van der Waals surface area contributed by atoms with E-state index in [-0.39, 0.29) is 11.6 Å². The van der Waals surface area contributed by atoms with Crippen molar-refractivity contribution in [3.05, 3.63) is 153 Å². The van der Waals surface area contributed by atoms with E-state index in [1.807, 2.05) is 42.5 Å². The summed E-state index contributed by atoms with van der Waals surface area (Å²) in [7, 11) is 1.36. The van der Waals surface area contributed by atoms with Crippen molar-refractivity contribution < 1.29 is 23.9 Å². The number of esters is 1. The highest BCUT2D eigenvalue weighted by molar-refractivity contribution is 8.00. The molecule has 53 heavy (non-hydrogen) atoms. The average molecular weight is 764 g/mol. The van der Waals surface area contributed by atoms with E-state index in [1.54, 1.807) is 72.8 Å². The molecule has 3 N–H and O–H groups in total. The Morgan fingerprint density at radius 3 is 2.23 bits per heavy atom. The molecule has 1 heterocycles. The molecule has 1 aliphatic rings. The number of thioether (sulfide) groups is 1. The fraction of sp³-hybridized carbons (Fsp3) is 0.190. The van der Waals surface area contributed by atoms with Crippen LogP contribution in [0.4, 0.5) is 10.7 Å². The first-order chi connectivity index (χ1) is 25.8. The molecule has 1 aliphatic carbocycles. The van der Waals surface area contributed by atoms with Crippen molar-refractivity contribution in [2.24, 2.45) is 0 Å². The van der Waals surface area contributed by atoms with Crippen LogP contribution in [0.2, 0.25) is 5.02 Å². The number of nitrogens with one attached hydrogen (secondary N) is 3. The minimum absolute atomic E-state index is 0.0345. The molecular formula is C42H38ClN3O5S2. The number of hydrogen-bond donors (Lipinski definition) is 3. The van der Waals surface area contributed by atoms with Gasteiger partial charge < -0.3 is 20.7 Å². The Hall–Kier alpha value is -5.16. The van der Waals surface area contributed by atoms with Gasteiger partial charge in [-0.1, -0.05) is 91.2 Å². The average Bonchev–Trinajstić information content (AvgIpc) is 3.49. The zero-order valence-corrected chi connectivity index (χ0v) is 31.4. The second kappa shape index (κ2) is 18.1. The van der Waals surface area contributed by atoms with Gasteiger partial charge >= 0.3 is 5.97 Å². The van der Waals surface area contributed by atoms with E-state index in [0.29, 0.717) is 32.4 Å². The molecule has 0 saturated heterocycles. The summed E-state index contributed by atoms with van der Waals surface area (Å²) in [6.07, 6.45) is 7.47. The van der Waals surface area contributed by atoms with Gasteiger partial charge in [0, 0.05) is 26.0 Å². The van der Waals surface area contributed by atoms with Crippen LogP contribution in [0, 0.1) is 0 Å². The second-order valence-electron chi connectivity index (χ2n) is 12.4. The number of thiophene rings is 1. The van der Waals surface area contributed by atoms with Gasteiger partial charge in [0.15, 0.2) is 0 Å². The van der Waals surface area contributed by atoms with E-state index in [2.05, 4.69) is 16.0 Å². The maximum absolute atomic E-state index is 14.2. The highest BCUT2D eigenvalue weighted by Crippen LogP contribution is 2.41. The molecule has 0 aliphatic heterocycles. The molecule has 3 amide bonds. The van der Waals surface area contributed by atoms with E-state index in [1.165, 1.54) is 30.2 Å². The summed E-state index contributed by atoms with van der Waals surface area (Å²) in [5, 5.41) is 9.11. The van der Waals surface area contributed by atoms with E-state index in [4.69, 9.17) is 16.3 Å². The molecule has 270 valence electrons. The molecule has 1 unspecified atom stereocenters. The van der Waals surface area contributed by atoms with Crippen molar-refractivity contribution in [1.29, 1.82) is 0 Å². The minimum Gasteiger partial charge on any atom is -0.465 e. The smallest absolute Gasteiger partial charge is 0.341 e. The number of ether oxygens (including phenoxy) is 1. The number of carbonyl (C=O) groups excluding carboxylic acids is 4. The Balaban J connectivity index is 1.25. The monoisotopic (exact) mass is 763 g/mol. The fourth-order valence-corrected chi connectivity index (χ4v) is 8.54. The molecule has 0 saturated carbocycles. The Labute approximate surface area is 322 Å². The Bertz CT molecular complexity index is 2120. The third-order valence-electron chi connectivity index (χ3n) is 8.69. The highest BCUT2D eigenvalue weighted by Gasteiger charge is 2.29. The topological polar surface area (TPSA) is 114 Å². The summed E-state index contributed by atoms with van der Waals surface area (Å²) in [6.45, 7) is 0. The van der Waals surface area contributed by atoms with Gasteiger partial charge in [-0.25, -0.2) is 4.79 Å². The van der Waals surface area contributed by atoms with Crippen LogP contribution >= 0.6 is 34.7 Å². The predicted octanol–water partition coefficient (Wildman–Crippen LogP) is 9.73. The molecule has 8 nitrogen and oxygen atoms in total. The van der Waals surface area contributed by atoms with Gasteiger partial charge in [0.25, 0.3) is 11.8 Å². The summed E-state index contributed by atoms with van der Waals surface area (Å²) in [6, 6.07) is 32.1. The van der Waals surface area contributed by atoms with Gasteiger partial charge in [-0.3, -0.25) is 14.4 Å². The molecule has 1 aromatic heterocycles. The van der Waals surface area contributed by atoms with Crippen LogP contribution in [0.1, 0.15) is 73.2 Å². The first-order valence-electron chi connectivity index (χ1n) is 17.3. The van der Waals surface area contributed by atoms with Gasteiger partial charge in [-0.2, -0.15) is 0 Å². The van der Waals surface area contributed by atoms with E-state index in [9.17, 15) is 19.2 Å². The van der Waals surface area contributed by atoms with Crippen LogP contribution in [0.3, 0.4) is 0 Å². The van der Waals surface area contributed by atoms with Crippen LogP contribution in [0.15, 0.2) is 120 Å². The van der Waals surface area contributed by atoms with Gasteiger partial charge in [0.1, 0.15) is 15.9 Å². The molecule has 6 rings (SSSR count). The summed E-state index contributed by atoms with van der Waals surface area (Å²) in [4.78, 5) is 55.9. The van der Waals surface area contributed by atoms with Crippen LogP contribution in [0.5, 0.6) is 0 Å². The van der Waals surface area contributed by atoms with Crippen molar-refractivity contribution in [3.8, 4) is 0 Å². The molecule has 5 aromatic rings. The lowest BCUT2D eigenvalue weighted by molar-refractivity contribution is -0.116. The number of anilines is 2. The number of hydrogen-bond acceptors (Lipinski definition) is 7. The Morgan fingerprint density at radius 2 is 1.51 bits per heavy atom. The van der Waals surface area contributed by atoms with Gasteiger partial charge in [-0.05, 0) is 90.9 Å². The molecule has 0 bridgehead atoms. The quantitative estimate of drug-likeness (QED) is 0.0702. The molecule has 0 fully saturated rings. The molecular weight excluding hydrogens is 726 g/mol. The number of halogens is 1. The summed E-state index contributed by atoms with van der Waals surface area (Å²) >= 11 is 8.86. The largest absolute Gasteiger partial charge is 0.465 e. The molecule has 11 heteroatoms. The Morgan fingerprint density at radius 1 is 0.811 bits per heavy atom. The first kappa shape index (κ1) is 37.6. The van der Waals surface area contributed by atoms with E-state index in [0.717, 1.165) is 59.4 Å². The van der Waals surface area contributed by atoms with Gasteiger partial charge in [-0.15, -0.1) is 23.1 Å². The first-order valence-corrected chi connectivity index (χ1v) is 19.4. The summed E-state index contributed by atoms with van der Waals surface area (Å²) in [5.74, 6) is -1.70. The van der Waals surface area contributed by atoms with Crippen LogP contribution in [-0.4, -0.2) is 30.8 Å². The molecule has 1 atom stereocenters. The maximum Gasteiger partial charge on any atom is 0.341 e. The zero-order valence-electron chi connectivity index (χ0n) is 29.0. The second-order valence-corrected chi connectivity index (χ2v) is 15.1. The van der Waals surface area contributed by atoms with Crippen molar-refractivity contribution >= 4 is 75.2 Å². The number of carbonyl (C=O) groups is 4. The highest BCUT2D eigenvalue weighted by atomic mass is 35.5. The van der Waals surface area contributed by atoms with Gasteiger partial charge in [0.2, 0.25) is 5.91 Å². The minimum atomic E-state index is -0.692. The predicted molar refractivity (Wildman–Crippen MR) is 214 cm³/mol. The number of rotatable bonds is 11. The van der Waals surface area contributed by atoms with Gasteiger partial charge in [0.05, 0.1) is 12.7 Å². The van der Waals surface area contributed by atoms with E-state index < -0.39 is 23.0 Å². The lowest BCUT2D eigenvalue weighted by Crippen LogP contribution is -2.30. The number of amides is 3. The lowest BCUT2D eigenvalue weighted by atomic mass is 9.96. The number of aryl methyl sites for hydroxylation is 1. The molecule has 0 spiro atoms. The van der Waals surface area contributed by atoms with E-state index >= 15 is 0 Å². The van der Waals surface area contributed by atoms with Crippen LogP contribution in [0.25, 0.3) is 6.08 Å². The Kier molecular flexibility index (Phi) is 12.8. The van der Waals surface area contributed by atoms with Crippen LogP contribution in [-0.2, 0) is 27.2 Å². The van der Waals surface area contributed by atoms with Crippen molar-refractivity contribution in [2.45, 2.75) is 48.7 Å². The summed E-state index contributed by atoms with van der Waals surface area (Å²) in [5.41, 5.74) is 3.78. The van der Waals surface area contributed by atoms with Crippen molar-refractivity contribution in [1.82, 2.24) is 5.32 Å². The van der Waals surface area contributed by atoms with Crippen LogP contribution < -0.4 is 16.0 Å². The SMILES string of the molecule is COC(=O)c1c(NC(=O)C(Sc2cccc(NC(=O)/C(=C\c3ccc(Cl)cc3)NC(=O)c3ccccc3)c2)c2ccccc2)sc2c1CCCCCC2. The van der Waals surface area contributed by atoms with Crippen molar-refractivity contribution in [3.63, 3.8) is 0 Å². The maximum atomic E-state index is 14.2. The molecule has 4 aromatic carbocycles. The molecule has 0 radical (unpaired) electrons. The third kappa shape index (κ3) is 9.84. The lowest BCUT2D eigenvalue weighted by Gasteiger charge is -2.18. The zero-order chi connectivity index (χ0) is 37.2. The number of benzene rings is 4. The third-order valence-corrected chi connectivity index (χ3v) is 11.4. The van der Waals surface area contributed by atoms with Crippen molar-refractivity contribution in [2.75, 3.05) is 17.7 Å². The number of fused-ring (bicyclic) bond motifs is 1.